The fraction of sp³-hybridized carbons (Fsp3) is 0.500. The molecule has 2 atom stereocenters. The van der Waals surface area contributed by atoms with E-state index < -0.39 is 0 Å². The lowest BCUT2D eigenvalue weighted by Crippen LogP contribution is -2.37. The second-order valence-electron chi connectivity index (χ2n) is 6.39. The Morgan fingerprint density at radius 2 is 2.00 bits per heavy atom. The number of benzene rings is 1. The second kappa shape index (κ2) is 7.32. The summed E-state index contributed by atoms with van der Waals surface area (Å²) in [6.45, 7) is 12.8. The van der Waals surface area contributed by atoms with E-state index in [1.165, 1.54) is 6.42 Å². The third-order valence-electron chi connectivity index (χ3n) is 4.14. The summed E-state index contributed by atoms with van der Waals surface area (Å²) in [5.74, 6) is 1.36. The Hall–Kier alpha value is -1.29. The standard InChI is InChI=1S/C18H25BrN2O/c1-5-18(22)20-17-7-6-15(19)9-16(17)14(4)21-10-12(2)8-13(3)11-21/h6-7,9,12-13H,4-5,8,10-11H2,1-3H3,(H,20,22)/t12-,13+. The van der Waals surface area contributed by atoms with Gasteiger partial charge in [0.15, 0.2) is 0 Å². The molecule has 120 valence electrons. The van der Waals surface area contributed by atoms with E-state index in [4.69, 9.17) is 0 Å². The fourth-order valence-corrected chi connectivity index (χ4v) is 3.52. The first-order chi connectivity index (χ1) is 10.4. The molecule has 0 spiro atoms. The highest BCUT2D eigenvalue weighted by Crippen LogP contribution is 2.32. The lowest BCUT2D eigenvalue weighted by atomic mass is 9.91. The van der Waals surface area contributed by atoms with Gasteiger partial charge in [-0.25, -0.2) is 0 Å². The van der Waals surface area contributed by atoms with Crippen LogP contribution in [-0.2, 0) is 4.79 Å². The fourth-order valence-electron chi connectivity index (χ4n) is 3.16. The zero-order valence-corrected chi connectivity index (χ0v) is 15.2. The lowest BCUT2D eigenvalue weighted by molar-refractivity contribution is -0.115. The molecule has 0 radical (unpaired) electrons. The van der Waals surface area contributed by atoms with Gasteiger partial charge < -0.3 is 10.2 Å². The van der Waals surface area contributed by atoms with E-state index in [-0.39, 0.29) is 5.91 Å². The zero-order valence-electron chi connectivity index (χ0n) is 13.7. The van der Waals surface area contributed by atoms with Crippen LogP contribution in [0.5, 0.6) is 0 Å². The summed E-state index contributed by atoms with van der Waals surface area (Å²) in [6, 6.07) is 5.93. The van der Waals surface area contributed by atoms with Gasteiger partial charge in [0, 0.05) is 35.2 Å². The molecule has 1 aliphatic rings. The quantitative estimate of drug-likeness (QED) is 0.835. The van der Waals surface area contributed by atoms with Gasteiger partial charge in [0.2, 0.25) is 5.91 Å². The topological polar surface area (TPSA) is 32.3 Å². The predicted molar refractivity (Wildman–Crippen MR) is 96.6 cm³/mol. The average Bonchev–Trinajstić information content (AvgIpc) is 2.47. The van der Waals surface area contributed by atoms with Crippen LogP contribution < -0.4 is 5.32 Å². The maximum atomic E-state index is 11.8. The molecule has 1 heterocycles. The van der Waals surface area contributed by atoms with Gasteiger partial charge in [-0.2, -0.15) is 0 Å². The van der Waals surface area contributed by atoms with Crippen LogP contribution in [-0.4, -0.2) is 23.9 Å². The molecule has 4 heteroatoms. The Balaban J connectivity index is 2.27. The molecule has 1 amide bonds. The van der Waals surface area contributed by atoms with Gasteiger partial charge in [-0.05, 0) is 36.5 Å². The van der Waals surface area contributed by atoms with E-state index in [2.05, 4.69) is 46.6 Å². The van der Waals surface area contributed by atoms with Gasteiger partial charge in [0.25, 0.3) is 0 Å². The molecule has 22 heavy (non-hydrogen) atoms. The number of carbonyl (C=O) groups excluding carboxylic acids is 1. The summed E-state index contributed by atoms with van der Waals surface area (Å²) < 4.78 is 0.997. The van der Waals surface area contributed by atoms with Crippen molar-refractivity contribution in [2.45, 2.75) is 33.6 Å². The molecule has 1 fully saturated rings. The van der Waals surface area contributed by atoms with Gasteiger partial charge in [-0.1, -0.05) is 43.3 Å². The molecule has 1 aliphatic heterocycles. The SMILES string of the molecule is C=C(c1cc(Br)ccc1NC(=O)CC)N1C[C@H](C)C[C@H](C)C1. The van der Waals surface area contributed by atoms with E-state index in [0.29, 0.717) is 18.3 Å². The lowest BCUT2D eigenvalue weighted by Gasteiger charge is -2.38. The number of nitrogens with zero attached hydrogens (tertiary/aromatic N) is 1. The smallest absolute Gasteiger partial charge is 0.224 e. The summed E-state index contributed by atoms with van der Waals surface area (Å²) in [5, 5.41) is 2.98. The molecule has 0 bridgehead atoms. The number of amides is 1. The summed E-state index contributed by atoms with van der Waals surface area (Å²) in [4.78, 5) is 14.1. The van der Waals surface area contributed by atoms with Crippen molar-refractivity contribution in [3.05, 3.63) is 34.8 Å². The van der Waals surface area contributed by atoms with E-state index in [9.17, 15) is 4.79 Å². The number of nitrogens with one attached hydrogen (secondary N) is 1. The van der Waals surface area contributed by atoms with Gasteiger partial charge in [0.05, 0.1) is 5.69 Å². The Morgan fingerprint density at radius 1 is 1.36 bits per heavy atom. The number of hydrogen-bond donors (Lipinski definition) is 1. The molecular weight excluding hydrogens is 340 g/mol. The number of likely N-dealkylation sites (tertiary alicyclic amines) is 1. The first kappa shape index (κ1) is 17.1. The molecule has 1 aromatic carbocycles. The zero-order chi connectivity index (χ0) is 16.3. The minimum absolute atomic E-state index is 0.0248. The van der Waals surface area contributed by atoms with Gasteiger partial charge >= 0.3 is 0 Å². The van der Waals surface area contributed by atoms with Crippen LogP contribution in [0.2, 0.25) is 0 Å². The van der Waals surface area contributed by atoms with Crippen LogP contribution in [0.3, 0.4) is 0 Å². The van der Waals surface area contributed by atoms with Gasteiger partial charge in [-0.15, -0.1) is 0 Å². The largest absolute Gasteiger partial charge is 0.371 e. The first-order valence-corrected chi connectivity index (χ1v) is 8.73. The summed E-state index contributed by atoms with van der Waals surface area (Å²) in [7, 11) is 0. The van der Waals surface area contributed by atoms with Crippen molar-refractivity contribution in [1.82, 2.24) is 4.90 Å². The highest BCUT2D eigenvalue weighted by Gasteiger charge is 2.24. The van der Waals surface area contributed by atoms with E-state index in [1.54, 1.807) is 0 Å². The Kier molecular flexibility index (Phi) is 5.68. The van der Waals surface area contributed by atoms with Gasteiger partial charge in [-0.3, -0.25) is 4.79 Å². The highest BCUT2D eigenvalue weighted by atomic mass is 79.9. The van der Waals surface area contributed by atoms with Crippen molar-refractivity contribution in [2.24, 2.45) is 11.8 Å². The summed E-state index contributed by atoms with van der Waals surface area (Å²) in [5.41, 5.74) is 2.83. The molecule has 0 saturated carbocycles. The van der Waals surface area contributed by atoms with Crippen LogP contribution in [0, 0.1) is 11.8 Å². The van der Waals surface area contributed by atoms with Gasteiger partial charge in [0.1, 0.15) is 0 Å². The van der Waals surface area contributed by atoms with Crippen LogP contribution in [0.4, 0.5) is 5.69 Å². The maximum absolute atomic E-state index is 11.8. The minimum Gasteiger partial charge on any atom is -0.371 e. The maximum Gasteiger partial charge on any atom is 0.224 e. The van der Waals surface area contributed by atoms with Crippen LogP contribution in [0.1, 0.15) is 39.2 Å². The number of carbonyl (C=O) groups is 1. The van der Waals surface area contributed by atoms with E-state index in [1.807, 2.05) is 25.1 Å². The number of rotatable bonds is 4. The normalized spacial score (nSPS) is 21.5. The van der Waals surface area contributed by atoms with E-state index in [0.717, 1.165) is 34.5 Å². The third-order valence-corrected chi connectivity index (χ3v) is 4.63. The molecule has 3 nitrogen and oxygen atoms in total. The number of hydrogen-bond acceptors (Lipinski definition) is 2. The molecular formula is C18H25BrN2O. The van der Waals surface area contributed by atoms with Crippen molar-refractivity contribution in [2.75, 3.05) is 18.4 Å². The number of piperidine rings is 1. The average molecular weight is 365 g/mol. The number of halogens is 1. The monoisotopic (exact) mass is 364 g/mol. The van der Waals surface area contributed by atoms with Crippen LogP contribution >= 0.6 is 15.9 Å². The molecule has 1 saturated heterocycles. The van der Waals surface area contributed by atoms with Crippen LogP contribution in [0.15, 0.2) is 29.3 Å². The Labute approximate surface area is 141 Å². The first-order valence-electron chi connectivity index (χ1n) is 7.94. The van der Waals surface area contributed by atoms with Crippen molar-refractivity contribution < 1.29 is 4.79 Å². The van der Waals surface area contributed by atoms with Crippen LogP contribution in [0.25, 0.3) is 5.70 Å². The van der Waals surface area contributed by atoms with Crippen molar-refractivity contribution in [3.63, 3.8) is 0 Å². The summed E-state index contributed by atoms with van der Waals surface area (Å²) >= 11 is 3.52. The second-order valence-corrected chi connectivity index (χ2v) is 7.31. The molecule has 1 N–H and O–H groups in total. The molecule has 0 aromatic heterocycles. The van der Waals surface area contributed by atoms with E-state index >= 15 is 0 Å². The molecule has 2 rings (SSSR count). The number of anilines is 1. The molecule has 0 unspecified atom stereocenters. The molecule has 0 aliphatic carbocycles. The predicted octanol–water partition coefficient (Wildman–Crippen LogP) is 4.75. The molecule has 1 aromatic rings. The third kappa shape index (κ3) is 4.13. The Morgan fingerprint density at radius 3 is 2.59 bits per heavy atom. The van der Waals surface area contributed by atoms with Crippen molar-refractivity contribution in [1.29, 1.82) is 0 Å². The highest BCUT2D eigenvalue weighted by molar-refractivity contribution is 9.10. The van der Waals surface area contributed by atoms with Crippen molar-refractivity contribution in [3.8, 4) is 0 Å². The van der Waals surface area contributed by atoms with Crippen molar-refractivity contribution >= 4 is 33.2 Å². The summed E-state index contributed by atoms with van der Waals surface area (Å²) in [6.07, 6.45) is 1.74. The Bertz CT molecular complexity index is 560. The minimum atomic E-state index is 0.0248.